The highest BCUT2D eigenvalue weighted by atomic mass is 35.5. The number of halogens is 2. The minimum absolute atomic E-state index is 0.452. The van der Waals surface area contributed by atoms with Gasteiger partial charge in [-0.15, -0.1) is 0 Å². The van der Waals surface area contributed by atoms with E-state index in [1.165, 1.54) is 0 Å². The molecule has 0 N–H and O–H groups in total. The molecule has 0 bridgehead atoms. The van der Waals surface area contributed by atoms with Crippen LogP contribution in [0, 0.1) is 0 Å². The fourth-order valence-corrected chi connectivity index (χ4v) is 1.64. The summed E-state index contributed by atoms with van der Waals surface area (Å²) in [5.74, 6) is 0. The van der Waals surface area contributed by atoms with Crippen molar-refractivity contribution in [1.82, 2.24) is 0 Å². The van der Waals surface area contributed by atoms with E-state index < -0.39 is 5.24 Å². The first kappa shape index (κ1) is 9.50. The Bertz CT molecular complexity index is 506. The molecule has 2 aromatic rings. The Morgan fingerprint density at radius 2 is 1.71 bits per heavy atom. The molecule has 0 heterocycles. The average Bonchev–Trinajstić information content (AvgIpc) is 2.16. The van der Waals surface area contributed by atoms with Gasteiger partial charge in [0.1, 0.15) is 0 Å². The minimum atomic E-state index is -0.452. The van der Waals surface area contributed by atoms with E-state index in [9.17, 15) is 4.79 Å². The van der Waals surface area contributed by atoms with Gasteiger partial charge in [0.05, 0.1) is 0 Å². The van der Waals surface area contributed by atoms with Crippen LogP contribution in [0.15, 0.2) is 36.4 Å². The van der Waals surface area contributed by atoms with Crippen molar-refractivity contribution in [1.29, 1.82) is 0 Å². The Balaban J connectivity index is 2.69. The second-order valence-electron chi connectivity index (χ2n) is 2.98. The maximum atomic E-state index is 10.9. The predicted octanol–water partition coefficient (Wildman–Crippen LogP) is 3.87. The molecule has 3 heteroatoms. The molecule has 1 nitrogen and oxygen atoms in total. The van der Waals surface area contributed by atoms with Gasteiger partial charge in [0.2, 0.25) is 0 Å². The molecule has 0 aliphatic rings. The summed E-state index contributed by atoms with van der Waals surface area (Å²) in [6.45, 7) is 0. The van der Waals surface area contributed by atoms with Crippen molar-refractivity contribution in [2.24, 2.45) is 0 Å². The Labute approximate surface area is 91.2 Å². The third-order valence-electron chi connectivity index (χ3n) is 2.03. The number of rotatable bonds is 1. The quantitative estimate of drug-likeness (QED) is 0.673. The lowest BCUT2D eigenvalue weighted by molar-refractivity contribution is 0.108. The molecule has 0 saturated carbocycles. The zero-order valence-corrected chi connectivity index (χ0v) is 8.64. The molecule has 0 saturated heterocycles. The highest BCUT2D eigenvalue weighted by Crippen LogP contribution is 2.21. The van der Waals surface area contributed by atoms with Gasteiger partial charge in [0, 0.05) is 10.6 Å². The second kappa shape index (κ2) is 3.60. The van der Waals surface area contributed by atoms with E-state index in [0.29, 0.717) is 10.6 Å². The standard InChI is InChI=1S/C11H6Cl2O/c12-10-4-3-7-1-2-8(11(13)14)5-9(7)6-10/h1-6H. The number of carbonyl (C=O) groups excluding carboxylic acids is 1. The summed E-state index contributed by atoms with van der Waals surface area (Å²) in [6, 6.07) is 10.8. The maximum Gasteiger partial charge on any atom is 0.252 e. The van der Waals surface area contributed by atoms with Gasteiger partial charge < -0.3 is 0 Å². The molecule has 14 heavy (non-hydrogen) atoms. The van der Waals surface area contributed by atoms with E-state index in [2.05, 4.69) is 0 Å². The van der Waals surface area contributed by atoms with E-state index >= 15 is 0 Å². The van der Waals surface area contributed by atoms with Crippen molar-refractivity contribution in [2.75, 3.05) is 0 Å². The molecule has 2 rings (SSSR count). The van der Waals surface area contributed by atoms with Gasteiger partial charge in [-0.05, 0) is 46.6 Å². The third-order valence-corrected chi connectivity index (χ3v) is 2.48. The molecule has 0 fully saturated rings. The molecular formula is C11H6Cl2O. The first-order chi connectivity index (χ1) is 6.66. The van der Waals surface area contributed by atoms with Crippen LogP contribution in [0.2, 0.25) is 5.02 Å². The summed E-state index contributed by atoms with van der Waals surface area (Å²) < 4.78 is 0. The van der Waals surface area contributed by atoms with Gasteiger partial charge in [0.15, 0.2) is 0 Å². The summed E-state index contributed by atoms with van der Waals surface area (Å²) in [5.41, 5.74) is 0.487. The first-order valence-corrected chi connectivity index (χ1v) is 4.81. The van der Waals surface area contributed by atoms with Crippen LogP contribution < -0.4 is 0 Å². The smallest absolute Gasteiger partial charge is 0.252 e. The van der Waals surface area contributed by atoms with E-state index in [1.807, 2.05) is 18.2 Å². The summed E-state index contributed by atoms with van der Waals surface area (Å²) in [5, 5.41) is 2.16. The monoisotopic (exact) mass is 224 g/mol. The Morgan fingerprint density at radius 3 is 2.43 bits per heavy atom. The SMILES string of the molecule is O=C(Cl)c1ccc2ccc(Cl)cc2c1. The average molecular weight is 225 g/mol. The Kier molecular flexibility index (Phi) is 2.44. The van der Waals surface area contributed by atoms with Gasteiger partial charge in [-0.1, -0.05) is 23.7 Å². The van der Waals surface area contributed by atoms with Crippen molar-refractivity contribution in [3.05, 3.63) is 47.0 Å². The van der Waals surface area contributed by atoms with Crippen molar-refractivity contribution < 1.29 is 4.79 Å². The molecule has 2 aromatic carbocycles. The van der Waals surface area contributed by atoms with Crippen molar-refractivity contribution in [3.8, 4) is 0 Å². The predicted molar refractivity (Wildman–Crippen MR) is 59.1 cm³/mol. The number of carbonyl (C=O) groups is 1. The van der Waals surface area contributed by atoms with Gasteiger partial charge in [-0.2, -0.15) is 0 Å². The van der Waals surface area contributed by atoms with Crippen LogP contribution in [0.4, 0.5) is 0 Å². The molecule has 0 radical (unpaired) electrons. The van der Waals surface area contributed by atoms with Crippen LogP contribution in [0.5, 0.6) is 0 Å². The lowest BCUT2D eigenvalue weighted by Crippen LogP contribution is -1.87. The fraction of sp³-hybridized carbons (Fsp3) is 0. The van der Waals surface area contributed by atoms with Crippen LogP contribution in [-0.4, -0.2) is 5.24 Å². The summed E-state index contributed by atoms with van der Waals surface area (Å²) in [6.07, 6.45) is 0. The second-order valence-corrected chi connectivity index (χ2v) is 3.76. The molecule has 70 valence electrons. The van der Waals surface area contributed by atoms with Crippen molar-refractivity contribution in [3.63, 3.8) is 0 Å². The normalized spacial score (nSPS) is 10.4. The van der Waals surface area contributed by atoms with Crippen LogP contribution in [0.25, 0.3) is 10.8 Å². The van der Waals surface area contributed by atoms with Crippen molar-refractivity contribution >= 4 is 39.2 Å². The highest BCUT2D eigenvalue weighted by Gasteiger charge is 2.02. The van der Waals surface area contributed by atoms with Gasteiger partial charge >= 0.3 is 0 Å². The molecule has 0 unspecified atom stereocenters. The fourth-order valence-electron chi connectivity index (χ4n) is 1.34. The van der Waals surface area contributed by atoms with Gasteiger partial charge in [0.25, 0.3) is 5.24 Å². The highest BCUT2D eigenvalue weighted by molar-refractivity contribution is 6.67. The lowest BCUT2D eigenvalue weighted by Gasteiger charge is -1.99. The number of hydrogen-bond donors (Lipinski definition) is 0. The van der Waals surface area contributed by atoms with Crippen LogP contribution in [-0.2, 0) is 0 Å². The summed E-state index contributed by atoms with van der Waals surface area (Å²) >= 11 is 11.2. The first-order valence-electron chi connectivity index (χ1n) is 4.06. The zero-order chi connectivity index (χ0) is 10.1. The largest absolute Gasteiger partial charge is 0.276 e. The van der Waals surface area contributed by atoms with Crippen LogP contribution >= 0.6 is 23.2 Å². The Morgan fingerprint density at radius 1 is 1.00 bits per heavy atom. The number of benzene rings is 2. The van der Waals surface area contributed by atoms with E-state index in [-0.39, 0.29) is 0 Å². The van der Waals surface area contributed by atoms with Crippen molar-refractivity contribution in [2.45, 2.75) is 0 Å². The summed E-state index contributed by atoms with van der Waals surface area (Å²) in [4.78, 5) is 10.9. The molecule has 0 amide bonds. The Hall–Kier alpha value is -1.05. The minimum Gasteiger partial charge on any atom is -0.276 e. The molecule has 0 aliphatic heterocycles. The van der Waals surface area contributed by atoms with Crippen LogP contribution in [0.3, 0.4) is 0 Å². The molecule has 0 atom stereocenters. The van der Waals surface area contributed by atoms with Gasteiger partial charge in [-0.25, -0.2) is 0 Å². The molecule has 0 aliphatic carbocycles. The molecule has 0 aromatic heterocycles. The topological polar surface area (TPSA) is 17.1 Å². The van der Waals surface area contributed by atoms with Crippen LogP contribution in [0.1, 0.15) is 10.4 Å². The maximum absolute atomic E-state index is 10.9. The summed E-state index contributed by atoms with van der Waals surface area (Å²) in [7, 11) is 0. The van der Waals surface area contributed by atoms with E-state index in [1.54, 1.807) is 18.2 Å². The molecular weight excluding hydrogens is 219 g/mol. The number of hydrogen-bond acceptors (Lipinski definition) is 1. The molecule has 0 spiro atoms. The third kappa shape index (κ3) is 1.74. The van der Waals surface area contributed by atoms with E-state index in [4.69, 9.17) is 23.2 Å². The lowest BCUT2D eigenvalue weighted by atomic mass is 10.1. The van der Waals surface area contributed by atoms with Gasteiger partial charge in [-0.3, -0.25) is 4.79 Å². The zero-order valence-electron chi connectivity index (χ0n) is 7.13. The number of fused-ring (bicyclic) bond motifs is 1. The van der Waals surface area contributed by atoms with E-state index in [0.717, 1.165) is 10.8 Å².